The summed E-state index contributed by atoms with van der Waals surface area (Å²) in [6, 6.07) is 5.85. The maximum atomic E-state index is 11.9. The Bertz CT molecular complexity index is 467. The number of carboxylic acids is 1. The molecule has 0 saturated carbocycles. The van der Waals surface area contributed by atoms with E-state index in [-0.39, 0.29) is 62.5 Å². The van der Waals surface area contributed by atoms with Crippen molar-refractivity contribution in [3.8, 4) is 0 Å². The normalized spacial score (nSPS) is 12.8. The van der Waals surface area contributed by atoms with Crippen LogP contribution >= 0.6 is 9.44 Å². The molecule has 1 aromatic carbocycles. The van der Waals surface area contributed by atoms with E-state index >= 15 is 0 Å². The van der Waals surface area contributed by atoms with Crippen molar-refractivity contribution in [1.82, 2.24) is 0 Å². The molecule has 0 radical (unpaired) electrons. The van der Waals surface area contributed by atoms with Crippen LogP contribution in [0.2, 0.25) is 0 Å². The third-order valence-electron chi connectivity index (χ3n) is 1.79. The fourth-order valence-electron chi connectivity index (χ4n) is 1.16. The molecule has 98 valence electrons. The number of aromatic carboxylic acids is 1. The fourth-order valence-corrected chi connectivity index (χ4v) is 1.93. The minimum atomic E-state index is -2.41. The standard InChI is InChI=1S/C12H18O4S.K.H/c1-17(2,3,4)16-12(15)10-7-5-6-9(8-10)11(13)14;;/h5-8,17H,1-4H3,(H,13,14);;. The van der Waals surface area contributed by atoms with Crippen molar-refractivity contribution in [1.29, 1.82) is 0 Å². The molecular weight excluding hydrogens is 279 g/mol. The first-order chi connectivity index (χ1) is 7.55. The molecule has 1 rings (SSSR count). The number of carbonyl (C=O) groups excluding carboxylic acids is 1. The Labute approximate surface area is 150 Å². The van der Waals surface area contributed by atoms with Gasteiger partial charge in [-0.2, -0.15) is 9.44 Å². The Morgan fingerprint density at radius 2 is 1.61 bits per heavy atom. The van der Waals surface area contributed by atoms with Crippen LogP contribution in [0.15, 0.2) is 24.3 Å². The van der Waals surface area contributed by atoms with Crippen LogP contribution in [0.3, 0.4) is 0 Å². The monoisotopic (exact) mass is 298 g/mol. The maximum absolute atomic E-state index is 11.9. The summed E-state index contributed by atoms with van der Waals surface area (Å²) in [6.45, 7) is 0. The van der Waals surface area contributed by atoms with E-state index in [0.29, 0.717) is 0 Å². The van der Waals surface area contributed by atoms with Gasteiger partial charge in [-0.25, -0.2) is 9.59 Å². The first kappa shape index (κ1) is 18.1. The van der Waals surface area contributed by atoms with Gasteiger partial charge in [-0.3, -0.25) is 0 Å². The van der Waals surface area contributed by atoms with Crippen LogP contribution in [-0.2, 0) is 4.18 Å². The van der Waals surface area contributed by atoms with Crippen LogP contribution in [0.1, 0.15) is 20.7 Å². The average Bonchev–Trinajstić information content (AvgIpc) is 2.14. The molecule has 0 aliphatic heterocycles. The first-order valence-electron chi connectivity index (χ1n) is 5.13. The van der Waals surface area contributed by atoms with Crippen molar-refractivity contribution in [3.05, 3.63) is 35.4 Å². The molecule has 0 aliphatic rings. The van der Waals surface area contributed by atoms with E-state index < -0.39 is 21.4 Å². The first-order valence-corrected chi connectivity index (χ1v) is 9.07. The van der Waals surface area contributed by atoms with Crippen LogP contribution in [0.5, 0.6) is 0 Å². The number of thiol groups is 1. The van der Waals surface area contributed by atoms with Gasteiger partial charge in [-0.15, -0.1) is 0 Å². The van der Waals surface area contributed by atoms with Crippen LogP contribution in [-0.4, -0.2) is 93.5 Å². The van der Waals surface area contributed by atoms with Crippen LogP contribution in [0, 0.1) is 0 Å². The van der Waals surface area contributed by atoms with Crippen LogP contribution < -0.4 is 0 Å². The van der Waals surface area contributed by atoms with E-state index in [1.807, 2.05) is 25.0 Å². The van der Waals surface area contributed by atoms with E-state index in [1.165, 1.54) is 18.2 Å². The van der Waals surface area contributed by atoms with Crippen molar-refractivity contribution >= 4 is 72.8 Å². The number of hydrogen-bond acceptors (Lipinski definition) is 3. The van der Waals surface area contributed by atoms with E-state index in [1.54, 1.807) is 6.07 Å². The summed E-state index contributed by atoms with van der Waals surface area (Å²) in [6.07, 6.45) is 7.63. The second-order valence-corrected chi connectivity index (χ2v) is 12.7. The number of hydrogen-bond donors (Lipinski definition) is 2. The summed E-state index contributed by atoms with van der Waals surface area (Å²) in [5, 5.41) is 8.83. The SMILES string of the molecule is C[SH](C)(C)(C)OC(=O)c1cccc(C(=O)O)c1.[KH]. The van der Waals surface area contributed by atoms with E-state index in [9.17, 15) is 9.59 Å². The summed E-state index contributed by atoms with van der Waals surface area (Å²) in [5.41, 5.74) is 0.352. The summed E-state index contributed by atoms with van der Waals surface area (Å²) in [5.74, 6) is -1.53. The Morgan fingerprint density at radius 3 is 2.06 bits per heavy atom. The zero-order chi connectivity index (χ0) is 13.3. The molecule has 0 saturated heterocycles. The molecule has 4 nitrogen and oxygen atoms in total. The summed E-state index contributed by atoms with van der Waals surface area (Å²) in [7, 11) is -2.41. The van der Waals surface area contributed by atoms with Gasteiger partial charge >= 0.3 is 63.3 Å². The fraction of sp³-hybridized carbons (Fsp3) is 0.333. The van der Waals surface area contributed by atoms with Gasteiger partial charge in [0.15, 0.2) is 0 Å². The molecule has 0 amide bonds. The zero-order valence-corrected chi connectivity index (χ0v) is 11.3. The molecule has 0 aliphatic carbocycles. The molecule has 0 atom stereocenters. The topological polar surface area (TPSA) is 63.6 Å². The quantitative estimate of drug-likeness (QED) is 0.654. The Hall–Kier alpha value is 0.146. The summed E-state index contributed by atoms with van der Waals surface area (Å²) in [4.78, 5) is 22.6. The van der Waals surface area contributed by atoms with Crippen LogP contribution in [0.4, 0.5) is 0 Å². The van der Waals surface area contributed by atoms with Gasteiger partial charge in [-0.1, -0.05) is 6.07 Å². The van der Waals surface area contributed by atoms with Crippen molar-refractivity contribution in [2.75, 3.05) is 25.0 Å². The van der Waals surface area contributed by atoms with Gasteiger partial charge in [0.25, 0.3) is 0 Å². The molecule has 0 aromatic heterocycles. The van der Waals surface area contributed by atoms with E-state index in [4.69, 9.17) is 9.29 Å². The molecular formula is C12H19KO4S. The van der Waals surface area contributed by atoms with E-state index in [0.717, 1.165) is 0 Å². The van der Waals surface area contributed by atoms with Gasteiger partial charge in [0.05, 0.1) is 11.1 Å². The number of benzene rings is 1. The molecule has 0 fully saturated rings. The summed E-state index contributed by atoms with van der Waals surface area (Å²) >= 11 is 0. The van der Waals surface area contributed by atoms with Gasteiger partial charge in [0.2, 0.25) is 0 Å². The van der Waals surface area contributed by atoms with Gasteiger partial charge in [0.1, 0.15) is 0 Å². The number of carboxylic acid groups (broad SMARTS) is 1. The Kier molecular flexibility index (Phi) is 6.12. The second kappa shape index (κ2) is 6.07. The van der Waals surface area contributed by atoms with Crippen molar-refractivity contribution < 1.29 is 18.9 Å². The average molecular weight is 298 g/mol. The predicted octanol–water partition coefficient (Wildman–Crippen LogP) is 1.40. The third-order valence-corrected chi connectivity index (χ3v) is 2.69. The Morgan fingerprint density at radius 1 is 1.11 bits per heavy atom. The van der Waals surface area contributed by atoms with Crippen molar-refractivity contribution in [3.63, 3.8) is 0 Å². The van der Waals surface area contributed by atoms with E-state index in [2.05, 4.69) is 0 Å². The van der Waals surface area contributed by atoms with Crippen molar-refractivity contribution in [2.24, 2.45) is 0 Å². The van der Waals surface area contributed by atoms with Crippen LogP contribution in [0.25, 0.3) is 0 Å². The van der Waals surface area contributed by atoms with Gasteiger partial charge < -0.3 is 9.29 Å². The molecule has 0 unspecified atom stereocenters. The molecule has 1 aromatic rings. The zero-order valence-electron chi connectivity index (χ0n) is 10.4. The van der Waals surface area contributed by atoms with Crippen molar-refractivity contribution in [2.45, 2.75) is 0 Å². The minimum absolute atomic E-state index is 0. The van der Waals surface area contributed by atoms with Gasteiger partial charge in [0, 0.05) is 0 Å². The third kappa shape index (κ3) is 6.35. The molecule has 6 heteroatoms. The van der Waals surface area contributed by atoms with Gasteiger partial charge in [-0.05, 0) is 43.2 Å². The number of rotatable bonds is 3. The molecule has 0 bridgehead atoms. The predicted molar refractivity (Wildman–Crippen MR) is 78.6 cm³/mol. The molecule has 0 spiro atoms. The second-order valence-electron chi connectivity index (χ2n) is 5.68. The molecule has 0 heterocycles. The summed E-state index contributed by atoms with van der Waals surface area (Å²) < 4.78 is 5.44. The Balaban J connectivity index is 0.00000289. The molecule has 1 N–H and O–H groups in total. The number of carbonyl (C=O) groups is 2. The molecule has 18 heavy (non-hydrogen) atoms.